The monoisotopic (exact) mass is 166 g/mol. The van der Waals surface area contributed by atoms with Gasteiger partial charge in [0, 0.05) is 6.54 Å². The molecule has 0 bridgehead atoms. The maximum absolute atomic E-state index is 5.35. The fourth-order valence-electron chi connectivity index (χ4n) is 0.869. The van der Waals surface area contributed by atoms with Crippen molar-refractivity contribution in [3.63, 3.8) is 0 Å². The average Bonchev–Trinajstić information content (AvgIpc) is 2.05. The zero-order chi connectivity index (χ0) is 8.81. The normalized spacial score (nSPS) is 9.83. The maximum Gasteiger partial charge on any atom is 0.148 e. The van der Waals surface area contributed by atoms with E-state index in [0.717, 1.165) is 24.3 Å². The van der Waals surface area contributed by atoms with Crippen molar-refractivity contribution in [3.8, 4) is 0 Å². The average molecular weight is 166 g/mol. The van der Waals surface area contributed by atoms with Crippen LogP contribution in [0.1, 0.15) is 12.0 Å². The molecule has 0 saturated carbocycles. The van der Waals surface area contributed by atoms with Gasteiger partial charge in [-0.05, 0) is 31.5 Å². The Morgan fingerprint density at radius 2 is 2.42 bits per heavy atom. The van der Waals surface area contributed by atoms with Crippen molar-refractivity contribution in [2.75, 3.05) is 18.4 Å². The van der Waals surface area contributed by atoms with E-state index < -0.39 is 0 Å². The van der Waals surface area contributed by atoms with Crippen LogP contribution >= 0.6 is 0 Å². The lowest BCUT2D eigenvalue weighted by Gasteiger charge is -2.02. The number of nitrogens with one attached hydrogen (secondary N) is 1. The van der Waals surface area contributed by atoms with Crippen LogP contribution in [0.15, 0.2) is 12.3 Å². The number of nitrogens with zero attached hydrogens (tertiary/aromatic N) is 2. The minimum atomic E-state index is 0.701. The molecule has 0 fully saturated rings. The van der Waals surface area contributed by atoms with Gasteiger partial charge < -0.3 is 11.1 Å². The minimum Gasteiger partial charge on any atom is -0.369 e. The highest BCUT2D eigenvalue weighted by Crippen LogP contribution is 2.02. The second kappa shape index (κ2) is 4.66. The fourth-order valence-corrected chi connectivity index (χ4v) is 0.869. The lowest BCUT2D eigenvalue weighted by molar-refractivity contribution is 0.863. The van der Waals surface area contributed by atoms with Gasteiger partial charge in [-0.25, -0.2) is 0 Å². The third-order valence-corrected chi connectivity index (χ3v) is 1.48. The summed E-state index contributed by atoms with van der Waals surface area (Å²) in [6.45, 7) is 3.55. The Bertz CT molecular complexity index is 236. The van der Waals surface area contributed by atoms with Crippen LogP contribution in [0.2, 0.25) is 0 Å². The molecule has 0 atom stereocenters. The Morgan fingerprint density at radius 3 is 3.08 bits per heavy atom. The van der Waals surface area contributed by atoms with Gasteiger partial charge in [-0.3, -0.25) is 0 Å². The summed E-state index contributed by atoms with van der Waals surface area (Å²) in [5, 5.41) is 10.9. The van der Waals surface area contributed by atoms with Crippen molar-refractivity contribution in [1.82, 2.24) is 10.2 Å². The lowest BCUT2D eigenvalue weighted by atomic mass is 10.3. The molecule has 1 aromatic rings. The highest BCUT2D eigenvalue weighted by molar-refractivity contribution is 5.34. The van der Waals surface area contributed by atoms with Crippen molar-refractivity contribution in [3.05, 3.63) is 17.8 Å². The van der Waals surface area contributed by atoms with Gasteiger partial charge in [-0.15, -0.1) is 5.10 Å². The van der Waals surface area contributed by atoms with Gasteiger partial charge in [0.25, 0.3) is 0 Å². The van der Waals surface area contributed by atoms with Crippen molar-refractivity contribution in [2.45, 2.75) is 13.3 Å². The summed E-state index contributed by atoms with van der Waals surface area (Å²) in [4.78, 5) is 0. The number of rotatable bonds is 4. The van der Waals surface area contributed by atoms with Gasteiger partial charge in [0.2, 0.25) is 0 Å². The van der Waals surface area contributed by atoms with Crippen LogP contribution in [0.5, 0.6) is 0 Å². The summed E-state index contributed by atoms with van der Waals surface area (Å²) < 4.78 is 0. The fraction of sp³-hybridized carbons (Fsp3) is 0.500. The van der Waals surface area contributed by atoms with Crippen LogP contribution in [0.3, 0.4) is 0 Å². The van der Waals surface area contributed by atoms with Crippen LogP contribution in [0, 0.1) is 6.92 Å². The van der Waals surface area contributed by atoms with Gasteiger partial charge in [0.05, 0.1) is 6.20 Å². The number of nitrogens with two attached hydrogens (primary N) is 1. The molecule has 0 aliphatic rings. The molecular formula is C8H14N4. The largest absolute Gasteiger partial charge is 0.369 e. The molecule has 1 aromatic heterocycles. The van der Waals surface area contributed by atoms with E-state index in [0.29, 0.717) is 6.54 Å². The number of anilines is 1. The smallest absolute Gasteiger partial charge is 0.148 e. The molecule has 0 aromatic carbocycles. The molecule has 1 rings (SSSR count). The zero-order valence-corrected chi connectivity index (χ0v) is 7.25. The van der Waals surface area contributed by atoms with E-state index in [1.165, 1.54) is 0 Å². The van der Waals surface area contributed by atoms with Crippen LogP contribution < -0.4 is 11.1 Å². The Morgan fingerprint density at radius 1 is 1.58 bits per heavy atom. The van der Waals surface area contributed by atoms with Crippen molar-refractivity contribution < 1.29 is 0 Å². The zero-order valence-electron chi connectivity index (χ0n) is 7.25. The first-order valence-corrected chi connectivity index (χ1v) is 4.06. The Labute approximate surface area is 72.2 Å². The van der Waals surface area contributed by atoms with Gasteiger partial charge in [-0.1, -0.05) is 0 Å². The van der Waals surface area contributed by atoms with Crippen LogP contribution in [-0.2, 0) is 0 Å². The molecule has 66 valence electrons. The first-order valence-electron chi connectivity index (χ1n) is 4.06. The topological polar surface area (TPSA) is 63.8 Å². The molecule has 0 radical (unpaired) electrons. The lowest BCUT2D eigenvalue weighted by Crippen LogP contribution is -2.09. The van der Waals surface area contributed by atoms with Crippen molar-refractivity contribution in [1.29, 1.82) is 0 Å². The molecule has 12 heavy (non-hydrogen) atoms. The second-order valence-electron chi connectivity index (χ2n) is 2.69. The van der Waals surface area contributed by atoms with Gasteiger partial charge >= 0.3 is 0 Å². The van der Waals surface area contributed by atoms with Crippen LogP contribution in [0.25, 0.3) is 0 Å². The standard InChI is InChI=1S/C8H14N4/c1-7-5-8(12-11-6-7)10-4-2-3-9/h5-6H,2-4,9H2,1H3,(H,10,12). The van der Waals surface area contributed by atoms with E-state index in [9.17, 15) is 0 Å². The van der Waals surface area contributed by atoms with E-state index >= 15 is 0 Å². The third-order valence-electron chi connectivity index (χ3n) is 1.48. The van der Waals surface area contributed by atoms with E-state index in [4.69, 9.17) is 5.73 Å². The molecular weight excluding hydrogens is 152 g/mol. The van der Waals surface area contributed by atoms with E-state index in [1.807, 2.05) is 13.0 Å². The third kappa shape index (κ3) is 2.84. The molecule has 1 heterocycles. The van der Waals surface area contributed by atoms with E-state index in [-0.39, 0.29) is 0 Å². The van der Waals surface area contributed by atoms with Gasteiger partial charge in [-0.2, -0.15) is 5.10 Å². The van der Waals surface area contributed by atoms with E-state index in [1.54, 1.807) is 6.20 Å². The molecule has 0 amide bonds. The Hall–Kier alpha value is -1.16. The highest BCUT2D eigenvalue weighted by atomic mass is 15.2. The summed E-state index contributed by atoms with van der Waals surface area (Å²) in [5.74, 6) is 0.823. The number of aryl methyl sites for hydroxylation is 1. The molecule has 4 heteroatoms. The molecule has 4 nitrogen and oxygen atoms in total. The molecule has 0 spiro atoms. The Balaban J connectivity index is 2.41. The SMILES string of the molecule is Cc1cnnc(NCCCN)c1. The summed E-state index contributed by atoms with van der Waals surface area (Å²) in [6, 6.07) is 1.96. The Kier molecular flexibility index (Phi) is 3.47. The predicted molar refractivity (Wildman–Crippen MR) is 48.9 cm³/mol. The highest BCUT2D eigenvalue weighted by Gasteiger charge is 1.92. The van der Waals surface area contributed by atoms with Gasteiger partial charge in [0.1, 0.15) is 5.82 Å². The molecule has 0 aliphatic carbocycles. The number of hydrogen-bond acceptors (Lipinski definition) is 4. The maximum atomic E-state index is 5.35. The minimum absolute atomic E-state index is 0.701. The van der Waals surface area contributed by atoms with Crippen LogP contribution in [0.4, 0.5) is 5.82 Å². The molecule has 0 saturated heterocycles. The van der Waals surface area contributed by atoms with E-state index in [2.05, 4.69) is 15.5 Å². The predicted octanol–water partition coefficient (Wildman–Crippen LogP) is 0.546. The number of hydrogen-bond donors (Lipinski definition) is 2. The quantitative estimate of drug-likeness (QED) is 0.641. The van der Waals surface area contributed by atoms with Gasteiger partial charge in [0.15, 0.2) is 0 Å². The number of aromatic nitrogens is 2. The molecule has 0 unspecified atom stereocenters. The summed E-state index contributed by atoms with van der Waals surface area (Å²) in [6.07, 6.45) is 2.68. The molecule has 3 N–H and O–H groups in total. The first-order chi connectivity index (χ1) is 5.83. The molecule has 0 aliphatic heterocycles. The second-order valence-corrected chi connectivity index (χ2v) is 2.69. The van der Waals surface area contributed by atoms with Crippen molar-refractivity contribution in [2.24, 2.45) is 5.73 Å². The van der Waals surface area contributed by atoms with Crippen molar-refractivity contribution >= 4 is 5.82 Å². The first kappa shape index (κ1) is 8.93. The summed E-state index contributed by atoms with van der Waals surface area (Å²) in [7, 11) is 0. The summed E-state index contributed by atoms with van der Waals surface area (Å²) in [5.41, 5.74) is 6.46. The summed E-state index contributed by atoms with van der Waals surface area (Å²) >= 11 is 0. The van der Waals surface area contributed by atoms with Crippen LogP contribution in [-0.4, -0.2) is 23.3 Å².